The molecule has 0 aliphatic rings. The van der Waals surface area contributed by atoms with Gasteiger partial charge in [-0.3, -0.25) is 0 Å². The Kier molecular flexibility index (Phi) is 4.94. The van der Waals surface area contributed by atoms with Gasteiger partial charge in [0.1, 0.15) is 17.0 Å². The maximum absolute atomic E-state index is 13.0. The van der Waals surface area contributed by atoms with Crippen molar-refractivity contribution in [3.05, 3.63) is 60.7 Å². The summed E-state index contributed by atoms with van der Waals surface area (Å²) in [6, 6.07) is 17.8. The molecule has 2 N–H and O–H groups in total. The number of carboxylic acid groups (broad SMARTS) is 1. The number of carbonyl (C=O) groups excluding carboxylic acids is 1. The zero-order valence-corrected chi connectivity index (χ0v) is 19.5. The number of aromatic hydroxyl groups is 1. The van der Waals surface area contributed by atoms with Gasteiger partial charge in [0.2, 0.25) is 0 Å². The molecule has 5 rings (SSSR count). The molecule has 5 aromatic rings. The van der Waals surface area contributed by atoms with Crippen molar-refractivity contribution in [1.29, 1.82) is 0 Å². The topological polar surface area (TPSA) is 107 Å². The second-order valence-electron chi connectivity index (χ2n) is 8.82. The lowest BCUT2D eigenvalue weighted by Crippen LogP contribution is -2.27. The Morgan fingerprint density at radius 1 is 1.00 bits per heavy atom. The van der Waals surface area contributed by atoms with Crippen LogP contribution >= 0.6 is 11.3 Å². The van der Waals surface area contributed by atoms with Crippen LogP contribution in [0.2, 0.25) is 0 Å². The molecule has 0 aliphatic carbocycles. The molecule has 0 radical (unpaired) electrons. The molecule has 3 aromatic heterocycles. The molecule has 2 aromatic carbocycles. The number of phenols is 1. The number of hydrogen-bond acceptors (Lipinski definition) is 6. The van der Waals surface area contributed by atoms with E-state index in [1.807, 2.05) is 36.4 Å². The molecule has 0 aliphatic heterocycles. The van der Waals surface area contributed by atoms with Crippen LogP contribution in [-0.2, 0) is 4.74 Å². The first-order valence-corrected chi connectivity index (χ1v) is 11.3. The number of benzene rings is 2. The maximum atomic E-state index is 13.0. The van der Waals surface area contributed by atoms with Crippen molar-refractivity contribution in [3.8, 4) is 27.6 Å². The summed E-state index contributed by atoms with van der Waals surface area (Å²) in [6.07, 6.45) is -1.88. The Morgan fingerprint density at radius 3 is 2.41 bits per heavy atom. The van der Waals surface area contributed by atoms with Crippen LogP contribution in [0, 0.1) is 0 Å². The van der Waals surface area contributed by atoms with Gasteiger partial charge in [0.05, 0.1) is 21.4 Å². The molecule has 9 heteroatoms. The number of rotatable bonds is 2. The summed E-state index contributed by atoms with van der Waals surface area (Å²) in [5, 5.41) is 25.0. The summed E-state index contributed by atoms with van der Waals surface area (Å²) >= 11 is 1.41. The zero-order valence-electron chi connectivity index (χ0n) is 18.6. The fourth-order valence-electron chi connectivity index (χ4n) is 3.83. The van der Waals surface area contributed by atoms with Crippen LogP contribution in [0.15, 0.2) is 60.7 Å². The smallest absolute Gasteiger partial charge is 0.435 e. The van der Waals surface area contributed by atoms with E-state index in [4.69, 9.17) is 4.74 Å². The van der Waals surface area contributed by atoms with E-state index in [0.717, 1.165) is 15.0 Å². The van der Waals surface area contributed by atoms with Crippen LogP contribution < -0.4 is 0 Å². The van der Waals surface area contributed by atoms with Crippen molar-refractivity contribution in [2.45, 2.75) is 26.4 Å². The van der Waals surface area contributed by atoms with Crippen LogP contribution in [0.1, 0.15) is 20.8 Å². The summed E-state index contributed by atoms with van der Waals surface area (Å²) in [7, 11) is 0. The van der Waals surface area contributed by atoms with Gasteiger partial charge in [-0.15, -0.1) is 11.3 Å². The van der Waals surface area contributed by atoms with Crippen LogP contribution in [0.4, 0.5) is 9.59 Å². The first-order valence-electron chi connectivity index (χ1n) is 10.5. The standard InChI is InChI=1S/C25H21N3O5S/c1-25(2,3)33-24(32)28-19-13-20(14-7-5-4-6-8-14)34-22(19)21(26-28)18-11-15-9-10-16(29)12-17(15)27(18)23(30)31/h4-13,29H,1-3H3,(H,30,31). The van der Waals surface area contributed by atoms with Crippen LogP contribution in [0.25, 0.3) is 42.9 Å². The Balaban J connectivity index is 1.79. The highest BCUT2D eigenvalue weighted by Crippen LogP contribution is 2.41. The largest absolute Gasteiger partial charge is 0.508 e. The predicted molar refractivity (Wildman–Crippen MR) is 131 cm³/mol. The number of nitrogens with zero attached hydrogens (tertiary/aromatic N) is 3. The fraction of sp³-hybridized carbons (Fsp3) is 0.160. The molecule has 0 saturated carbocycles. The molecular formula is C25H21N3O5S. The molecule has 3 heterocycles. The van der Waals surface area contributed by atoms with Gasteiger partial charge >= 0.3 is 12.2 Å². The number of ether oxygens (including phenoxy) is 1. The number of fused-ring (bicyclic) bond motifs is 2. The average Bonchev–Trinajstić information content (AvgIpc) is 3.44. The van der Waals surface area contributed by atoms with Crippen LogP contribution in [-0.4, -0.2) is 42.3 Å². The van der Waals surface area contributed by atoms with Crippen molar-refractivity contribution in [2.24, 2.45) is 0 Å². The van der Waals surface area contributed by atoms with Gasteiger partial charge in [-0.2, -0.15) is 9.78 Å². The summed E-state index contributed by atoms with van der Waals surface area (Å²) in [4.78, 5) is 26.2. The molecule has 0 spiro atoms. The summed E-state index contributed by atoms with van der Waals surface area (Å²) in [5.41, 5.74) is 1.71. The highest BCUT2D eigenvalue weighted by molar-refractivity contribution is 7.22. The number of aromatic nitrogens is 3. The van der Waals surface area contributed by atoms with Crippen molar-refractivity contribution < 1.29 is 24.5 Å². The fourth-order valence-corrected chi connectivity index (χ4v) is 4.97. The summed E-state index contributed by atoms with van der Waals surface area (Å²) in [6.45, 7) is 5.30. The molecule has 0 saturated heterocycles. The van der Waals surface area contributed by atoms with Crippen molar-refractivity contribution in [3.63, 3.8) is 0 Å². The third-order valence-corrected chi connectivity index (χ3v) is 6.38. The van der Waals surface area contributed by atoms with E-state index >= 15 is 0 Å². The van der Waals surface area contributed by atoms with Crippen LogP contribution in [0.5, 0.6) is 5.75 Å². The van der Waals surface area contributed by atoms with Crippen molar-refractivity contribution in [2.75, 3.05) is 0 Å². The third-order valence-electron chi connectivity index (χ3n) is 5.20. The normalized spacial score (nSPS) is 11.9. The Bertz CT molecular complexity index is 1570. The SMILES string of the molecule is CC(C)(C)OC(=O)n1nc(-c2cc3ccc(O)cc3n2C(=O)O)c2sc(-c3ccccc3)cc21. The number of thiophene rings is 1. The minimum absolute atomic E-state index is 0.0495. The van der Waals surface area contributed by atoms with Crippen LogP contribution in [0.3, 0.4) is 0 Å². The van der Waals surface area contributed by atoms with Gasteiger partial charge < -0.3 is 14.9 Å². The molecule has 0 atom stereocenters. The average molecular weight is 476 g/mol. The maximum Gasteiger partial charge on any atom is 0.435 e. The number of carbonyl (C=O) groups is 2. The van der Waals surface area contributed by atoms with Gasteiger partial charge in [0, 0.05) is 16.3 Å². The second kappa shape index (κ2) is 7.74. The molecule has 0 unspecified atom stereocenters. The lowest BCUT2D eigenvalue weighted by atomic mass is 10.2. The summed E-state index contributed by atoms with van der Waals surface area (Å²) < 4.78 is 8.46. The molecule has 34 heavy (non-hydrogen) atoms. The van der Waals surface area contributed by atoms with Gasteiger partial charge in [-0.1, -0.05) is 30.3 Å². The molecule has 0 bridgehead atoms. The van der Waals surface area contributed by atoms with Gasteiger partial charge in [-0.05, 0) is 50.6 Å². The quantitative estimate of drug-likeness (QED) is 0.306. The Morgan fingerprint density at radius 2 is 1.74 bits per heavy atom. The van der Waals surface area contributed by atoms with Gasteiger partial charge in [0.15, 0.2) is 0 Å². The molecule has 0 amide bonds. The monoisotopic (exact) mass is 475 g/mol. The van der Waals surface area contributed by atoms with Crippen molar-refractivity contribution >= 4 is 44.6 Å². The molecule has 0 fully saturated rings. The Labute approximate surface area is 198 Å². The lowest BCUT2D eigenvalue weighted by Gasteiger charge is -2.19. The second-order valence-corrected chi connectivity index (χ2v) is 9.87. The van der Waals surface area contributed by atoms with E-state index in [1.165, 1.54) is 28.2 Å². The van der Waals surface area contributed by atoms with Crippen molar-refractivity contribution in [1.82, 2.24) is 14.3 Å². The zero-order chi connectivity index (χ0) is 24.2. The van der Waals surface area contributed by atoms with E-state index < -0.39 is 17.8 Å². The van der Waals surface area contributed by atoms with E-state index in [2.05, 4.69) is 5.10 Å². The van der Waals surface area contributed by atoms with E-state index in [0.29, 0.717) is 32.5 Å². The highest BCUT2D eigenvalue weighted by Gasteiger charge is 2.27. The first kappa shape index (κ1) is 21.7. The lowest BCUT2D eigenvalue weighted by molar-refractivity contribution is 0.0523. The minimum Gasteiger partial charge on any atom is -0.508 e. The van der Waals surface area contributed by atoms with E-state index in [1.54, 1.807) is 32.9 Å². The molecule has 172 valence electrons. The highest BCUT2D eigenvalue weighted by atomic mass is 32.1. The first-order chi connectivity index (χ1) is 16.1. The predicted octanol–water partition coefficient (Wildman–Crippen LogP) is 6.40. The third kappa shape index (κ3) is 3.69. The molecular weight excluding hydrogens is 454 g/mol. The van der Waals surface area contributed by atoms with E-state index in [9.17, 15) is 19.8 Å². The Hall–Kier alpha value is -4.11. The minimum atomic E-state index is -1.23. The van der Waals surface area contributed by atoms with Gasteiger partial charge in [-0.25, -0.2) is 14.2 Å². The summed E-state index contributed by atoms with van der Waals surface area (Å²) in [5.74, 6) is -0.0495. The van der Waals surface area contributed by atoms with E-state index in [-0.39, 0.29) is 5.75 Å². The van der Waals surface area contributed by atoms with Gasteiger partial charge in [0.25, 0.3) is 0 Å². The molecule has 8 nitrogen and oxygen atoms in total. The number of phenolic OH excluding ortho intramolecular Hbond substituents is 1. The number of hydrogen-bond donors (Lipinski definition) is 2.